The number of esters is 1. The highest BCUT2D eigenvalue weighted by Gasteiger charge is 2.41. The van der Waals surface area contributed by atoms with Gasteiger partial charge in [0.2, 0.25) is 0 Å². The number of piperidine rings is 1. The molecule has 2 N–H and O–H groups in total. The van der Waals surface area contributed by atoms with Crippen LogP contribution in [0.1, 0.15) is 31.4 Å². The van der Waals surface area contributed by atoms with Crippen LogP contribution in [0.5, 0.6) is 11.5 Å². The van der Waals surface area contributed by atoms with Crippen molar-refractivity contribution in [2.24, 2.45) is 0 Å². The Balaban J connectivity index is 1.66. The minimum atomic E-state index is -0.754. The lowest BCUT2D eigenvalue weighted by molar-refractivity contribution is -0.184. The van der Waals surface area contributed by atoms with Gasteiger partial charge in [-0.2, -0.15) is 0 Å². The Kier molecular flexibility index (Phi) is 7.06. The molecule has 3 aliphatic rings. The van der Waals surface area contributed by atoms with E-state index in [1.165, 1.54) is 14.2 Å². The number of hydrogen-bond acceptors (Lipinski definition) is 8. The van der Waals surface area contributed by atoms with E-state index in [4.69, 9.17) is 23.7 Å². The van der Waals surface area contributed by atoms with E-state index in [1.54, 1.807) is 25.1 Å². The summed E-state index contributed by atoms with van der Waals surface area (Å²) in [6.45, 7) is 5.02. The van der Waals surface area contributed by atoms with Crippen LogP contribution in [0.4, 0.5) is 4.79 Å². The number of nitrogens with one attached hydrogen (secondary N) is 2. The third-order valence-electron chi connectivity index (χ3n) is 6.21. The van der Waals surface area contributed by atoms with Crippen LogP contribution in [0.2, 0.25) is 0 Å². The number of nitrogens with zero attached hydrogens (tertiary/aromatic N) is 1. The molecule has 2 fully saturated rings. The van der Waals surface area contributed by atoms with E-state index >= 15 is 0 Å². The zero-order chi connectivity index (χ0) is 23.4. The van der Waals surface area contributed by atoms with Gasteiger partial charge in [0.25, 0.3) is 0 Å². The number of benzene rings is 1. The first-order valence-corrected chi connectivity index (χ1v) is 11.2. The molecule has 180 valence electrons. The lowest BCUT2D eigenvalue weighted by atomic mass is 9.93. The highest BCUT2D eigenvalue weighted by Crippen LogP contribution is 2.39. The van der Waals surface area contributed by atoms with Gasteiger partial charge >= 0.3 is 12.0 Å². The second kappa shape index (κ2) is 9.98. The normalized spacial score (nSPS) is 22.6. The lowest BCUT2D eigenvalue weighted by Gasteiger charge is -2.39. The van der Waals surface area contributed by atoms with Crippen LogP contribution in [0.25, 0.3) is 0 Å². The fourth-order valence-electron chi connectivity index (χ4n) is 4.63. The van der Waals surface area contributed by atoms with Gasteiger partial charge in [0, 0.05) is 43.7 Å². The Hall–Kier alpha value is -2.82. The SMILES string of the molecule is CCOC(=O)C1=C(CN2CCC3(CC2)OCCO3)NC(=O)NC1c1cccc(OC)c1OC. The minimum absolute atomic E-state index is 0.215. The van der Waals surface area contributed by atoms with Gasteiger partial charge in [0.1, 0.15) is 0 Å². The first kappa shape index (κ1) is 23.3. The molecule has 1 spiro atoms. The fourth-order valence-corrected chi connectivity index (χ4v) is 4.63. The summed E-state index contributed by atoms with van der Waals surface area (Å²) < 4.78 is 28.0. The average Bonchev–Trinajstić information content (AvgIpc) is 3.27. The Morgan fingerprint density at radius 1 is 1.18 bits per heavy atom. The molecule has 0 saturated carbocycles. The highest BCUT2D eigenvalue weighted by atomic mass is 16.7. The molecule has 4 rings (SSSR count). The molecule has 1 aromatic carbocycles. The van der Waals surface area contributed by atoms with E-state index in [0.717, 1.165) is 25.9 Å². The number of carbonyl (C=O) groups excluding carboxylic acids is 2. The molecule has 3 heterocycles. The molecule has 0 aromatic heterocycles. The zero-order valence-electron chi connectivity index (χ0n) is 19.3. The van der Waals surface area contributed by atoms with E-state index in [9.17, 15) is 9.59 Å². The van der Waals surface area contributed by atoms with Crippen LogP contribution >= 0.6 is 0 Å². The molecule has 2 saturated heterocycles. The number of likely N-dealkylation sites (tertiary alicyclic amines) is 1. The number of amides is 2. The summed E-state index contributed by atoms with van der Waals surface area (Å²) in [5, 5.41) is 5.68. The zero-order valence-corrected chi connectivity index (χ0v) is 19.3. The van der Waals surface area contributed by atoms with Crippen molar-refractivity contribution in [3.8, 4) is 11.5 Å². The van der Waals surface area contributed by atoms with Gasteiger partial charge < -0.3 is 34.3 Å². The molecule has 1 atom stereocenters. The van der Waals surface area contributed by atoms with E-state index in [2.05, 4.69) is 15.5 Å². The van der Waals surface area contributed by atoms with Crippen molar-refractivity contribution >= 4 is 12.0 Å². The van der Waals surface area contributed by atoms with Crippen molar-refractivity contribution in [1.82, 2.24) is 15.5 Å². The Bertz CT molecular complexity index is 917. The Morgan fingerprint density at radius 3 is 2.55 bits per heavy atom. The van der Waals surface area contributed by atoms with Crippen LogP contribution in [0, 0.1) is 0 Å². The first-order valence-electron chi connectivity index (χ1n) is 11.2. The maximum atomic E-state index is 13.1. The summed E-state index contributed by atoms with van der Waals surface area (Å²) in [4.78, 5) is 27.9. The minimum Gasteiger partial charge on any atom is -0.493 e. The van der Waals surface area contributed by atoms with Crippen molar-refractivity contribution in [2.75, 3.05) is 53.7 Å². The van der Waals surface area contributed by atoms with Crippen molar-refractivity contribution < 1.29 is 33.3 Å². The van der Waals surface area contributed by atoms with E-state index < -0.39 is 23.8 Å². The molecular weight excluding hydrogens is 430 g/mol. The van der Waals surface area contributed by atoms with E-state index in [0.29, 0.717) is 48.1 Å². The molecule has 0 aliphatic carbocycles. The third-order valence-corrected chi connectivity index (χ3v) is 6.21. The molecule has 3 aliphatic heterocycles. The first-order chi connectivity index (χ1) is 16.0. The van der Waals surface area contributed by atoms with Gasteiger partial charge in [-0.25, -0.2) is 9.59 Å². The lowest BCUT2D eigenvalue weighted by Crippen LogP contribution is -2.51. The molecule has 0 radical (unpaired) electrons. The maximum absolute atomic E-state index is 13.1. The van der Waals surface area contributed by atoms with Crippen LogP contribution in [-0.4, -0.2) is 76.4 Å². The van der Waals surface area contributed by atoms with Crippen LogP contribution in [0.3, 0.4) is 0 Å². The molecule has 1 unspecified atom stereocenters. The van der Waals surface area contributed by atoms with Crippen molar-refractivity contribution in [1.29, 1.82) is 0 Å². The average molecular weight is 462 g/mol. The van der Waals surface area contributed by atoms with Crippen LogP contribution in [-0.2, 0) is 19.0 Å². The highest BCUT2D eigenvalue weighted by molar-refractivity contribution is 5.95. The van der Waals surface area contributed by atoms with Crippen molar-refractivity contribution in [2.45, 2.75) is 31.6 Å². The molecule has 1 aromatic rings. The number of methoxy groups -OCH3 is 2. The van der Waals surface area contributed by atoms with Gasteiger partial charge in [0.05, 0.1) is 45.7 Å². The number of para-hydroxylation sites is 1. The second-order valence-corrected chi connectivity index (χ2v) is 8.11. The monoisotopic (exact) mass is 461 g/mol. The largest absolute Gasteiger partial charge is 0.493 e. The molecule has 0 bridgehead atoms. The van der Waals surface area contributed by atoms with Gasteiger partial charge in [0.15, 0.2) is 17.3 Å². The number of urea groups is 1. The molecule has 10 heteroatoms. The summed E-state index contributed by atoms with van der Waals surface area (Å²) in [6, 6.07) is 4.20. The van der Waals surface area contributed by atoms with Crippen molar-refractivity contribution in [3.63, 3.8) is 0 Å². The topological polar surface area (TPSA) is 108 Å². The quantitative estimate of drug-likeness (QED) is 0.591. The van der Waals surface area contributed by atoms with Gasteiger partial charge in [-0.3, -0.25) is 4.90 Å². The summed E-state index contributed by atoms with van der Waals surface area (Å²) in [7, 11) is 3.06. The molecular formula is C23H31N3O7. The summed E-state index contributed by atoms with van der Waals surface area (Å²) in [5.41, 5.74) is 1.46. The van der Waals surface area contributed by atoms with E-state index in [1.807, 2.05) is 0 Å². The van der Waals surface area contributed by atoms with Crippen LogP contribution in [0.15, 0.2) is 29.5 Å². The maximum Gasteiger partial charge on any atom is 0.338 e. The predicted molar refractivity (Wildman–Crippen MR) is 118 cm³/mol. The number of ether oxygens (including phenoxy) is 5. The number of carbonyl (C=O) groups is 2. The molecule has 2 amide bonds. The smallest absolute Gasteiger partial charge is 0.338 e. The Morgan fingerprint density at radius 2 is 1.91 bits per heavy atom. The second-order valence-electron chi connectivity index (χ2n) is 8.11. The van der Waals surface area contributed by atoms with Gasteiger partial charge in [-0.1, -0.05) is 12.1 Å². The van der Waals surface area contributed by atoms with E-state index in [-0.39, 0.29) is 6.61 Å². The number of hydrogen-bond donors (Lipinski definition) is 2. The van der Waals surface area contributed by atoms with Gasteiger partial charge in [-0.05, 0) is 13.0 Å². The fraction of sp³-hybridized carbons (Fsp3) is 0.565. The summed E-state index contributed by atoms with van der Waals surface area (Å²) in [5.74, 6) is -0.0389. The number of rotatable bonds is 7. The summed E-state index contributed by atoms with van der Waals surface area (Å²) in [6.07, 6.45) is 1.46. The predicted octanol–water partition coefficient (Wildman–Crippen LogP) is 1.71. The Labute approximate surface area is 193 Å². The van der Waals surface area contributed by atoms with Crippen molar-refractivity contribution in [3.05, 3.63) is 35.0 Å². The molecule has 10 nitrogen and oxygen atoms in total. The standard InChI is InChI=1S/C23H31N3O7/c1-4-31-21(27)18-16(14-26-10-8-23(9-11-26)32-12-13-33-23)24-22(28)25-19(18)15-6-5-7-17(29-2)20(15)30-3/h5-7,19H,4,8-14H2,1-3H3,(H2,24,25,28). The van der Waals surface area contributed by atoms with Gasteiger partial charge in [-0.15, -0.1) is 0 Å². The third kappa shape index (κ3) is 4.78. The summed E-state index contributed by atoms with van der Waals surface area (Å²) >= 11 is 0. The molecule has 33 heavy (non-hydrogen) atoms. The van der Waals surface area contributed by atoms with Crippen LogP contribution < -0.4 is 20.1 Å².